The van der Waals surface area contributed by atoms with Crippen molar-refractivity contribution in [3.8, 4) is 0 Å². The van der Waals surface area contributed by atoms with Crippen LogP contribution in [0.1, 0.15) is 31.8 Å². The Labute approximate surface area is 166 Å². The van der Waals surface area contributed by atoms with Crippen LogP contribution in [-0.4, -0.2) is 16.8 Å². The van der Waals surface area contributed by atoms with Gasteiger partial charge in [0.1, 0.15) is 5.82 Å². The molecule has 2 N–H and O–H groups in total. The highest BCUT2D eigenvalue weighted by Crippen LogP contribution is 2.21. The Kier molecular flexibility index (Phi) is 5.70. The Morgan fingerprint density at radius 2 is 1.64 bits per heavy atom. The quantitative estimate of drug-likeness (QED) is 0.651. The first-order valence-corrected chi connectivity index (χ1v) is 8.82. The third-order valence-corrected chi connectivity index (χ3v) is 4.58. The number of nitrogens with one attached hydrogen (secondary N) is 2. The molecule has 3 aromatic rings. The molecular formula is C21H17ClFN3O2. The summed E-state index contributed by atoms with van der Waals surface area (Å²) in [4.78, 5) is 28.9. The molecule has 2 amide bonds. The number of hydrogen-bond acceptors (Lipinski definition) is 3. The number of carbonyl (C=O) groups excluding carboxylic acids is 2. The van der Waals surface area contributed by atoms with E-state index in [0.29, 0.717) is 11.4 Å². The van der Waals surface area contributed by atoms with Gasteiger partial charge in [0.2, 0.25) is 0 Å². The zero-order chi connectivity index (χ0) is 20.3. The van der Waals surface area contributed by atoms with Gasteiger partial charge in [0.05, 0.1) is 16.1 Å². The van der Waals surface area contributed by atoms with Crippen molar-refractivity contribution < 1.29 is 14.0 Å². The lowest BCUT2D eigenvalue weighted by molar-refractivity contribution is 0.102. The summed E-state index contributed by atoms with van der Waals surface area (Å²) < 4.78 is 13.2. The molecular weight excluding hydrogens is 381 g/mol. The molecule has 2 aromatic carbocycles. The molecule has 0 aliphatic heterocycles. The summed E-state index contributed by atoms with van der Waals surface area (Å²) >= 11 is 5.72. The van der Waals surface area contributed by atoms with Crippen molar-refractivity contribution in [2.75, 3.05) is 10.6 Å². The third kappa shape index (κ3) is 4.35. The molecule has 0 saturated heterocycles. The number of amides is 2. The van der Waals surface area contributed by atoms with Crippen molar-refractivity contribution in [1.82, 2.24) is 4.98 Å². The maximum atomic E-state index is 13.2. The molecule has 0 fully saturated rings. The van der Waals surface area contributed by atoms with Crippen LogP contribution < -0.4 is 10.6 Å². The fourth-order valence-electron chi connectivity index (χ4n) is 2.55. The second kappa shape index (κ2) is 8.19. The van der Waals surface area contributed by atoms with Crippen molar-refractivity contribution in [3.63, 3.8) is 0 Å². The highest BCUT2D eigenvalue weighted by atomic mass is 35.5. The lowest BCUT2D eigenvalue weighted by atomic mass is 10.1. The van der Waals surface area contributed by atoms with E-state index in [-0.39, 0.29) is 22.1 Å². The van der Waals surface area contributed by atoms with E-state index in [1.165, 1.54) is 30.6 Å². The molecule has 0 aliphatic rings. The lowest BCUT2D eigenvalue weighted by Crippen LogP contribution is -2.16. The van der Waals surface area contributed by atoms with Crippen LogP contribution in [0.3, 0.4) is 0 Å². The van der Waals surface area contributed by atoms with Gasteiger partial charge in [-0.25, -0.2) is 4.39 Å². The summed E-state index contributed by atoms with van der Waals surface area (Å²) in [5.74, 6) is -1.44. The summed E-state index contributed by atoms with van der Waals surface area (Å²) in [6.07, 6.45) is 2.72. The van der Waals surface area contributed by atoms with Crippen molar-refractivity contribution in [2.45, 2.75) is 13.8 Å². The molecule has 0 spiro atoms. The van der Waals surface area contributed by atoms with E-state index >= 15 is 0 Å². The standard InChI is InChI=1S/C21H17ClFN3O2/c1-12-4-3-5-19(13(12)2)26-21(28)15-8-14(10-24-11-15)20(27)25-16-6-7-18(23)17(22)9-16/h3-11H,1-2H3,(H,25,27)(H,26,28). The summed E-state index contributed by atoms with van der Waals surface area (Å²) in [5, 5.41) is 5.32. The minimum atomic E-state index is -0.577. The smallest absolute Gasteiger partial charge is 0.257 e. The molecule has 3 rings (SSSR count). The molecule has 0 saturated carbocycles. The van der Waals surface area contributed by atoms with Crippen LogP contribution in [0.25, 0.3) is 0 Å². The first kappa shape index (κ1) is 19.5. The fourth-order valence-corrected chi connectivity index (χ4v) is 2.73. The van der Waals surface area contributed by atoms with Crippen LogP contribution in [0.15, 0.2) is 54.9 Å². The molecule has 1 aromatic heterocycles. The van der Waals surface area contributed by atoms with Gasteiger partial charge in [-0.3, -0.25) is 14.6 Å². The van der Waals surface area contributed by atoms with Gasteiger partial charge in [0.25, 0.3) is 11.8 Å². The normalized spacial score (nSPS) is 10.4. The number of carbonyl (C=O) groups is 2. The van der Waals surface area contributed by atoms with Crippen LogP contribution in [0, 0.1) is 19.7 Å². The number of anilines is 2. The lowest BCUT2D eigenvalue weighted by Gasteiger charge is -2.11. The van der Waals surface area contributed by atoms with Crippen molar-refractivity contribution >= 4 is 34.8 Å². The number of nitrogens with zero attached hydrogens (tertiary/aromatic N) is 1. The molecule has 28 heavy (non-hydrogen) atoms. The van der Waals surface area contributed by atoms with Crippen molar-refractivity contribution in [1.29, 1.82) is 0 Å². The minimum Gasteiger partial charge on any atom is -0.322 e. The molecule has 7 heteroatoms. The summed E-state index contributed by atoms with van der Waals surface area (Å²) in [6, 6.07) is 10.9. The van der Waals surface area contributed by atoms with E-state index in [1.807, 2.05) is 32.0 Å². The van der Waals surface area contributed by atoms with E-state index in [1.54, 1.807) is 0 Å². The number of aryl methyl sites for hydroxylation is 1. The Hall–Kier alpha value is -3.25. The van der Waals surface area contributed by atoms with Crippen molar-refractivity contribution in [3.05, 3.63) is 88.0 Å². The predicted molar refractivity (Wildman–Crippen MR) is 107 cm³/mol. The Balaban J connectivity index is 1.77. The molecule has 0 bridgehead atoms. The molecule has 1 heterocycles. The number of aromatic nitrogens is 1. The zero-order valence-corrected chi connectivity index (χ0v) is 16.0. The largest absolute Gasteiger partial charge is 0.322 e. The molecule has 0 atom stereocenters. The van der Waals surface area contributed by atoms with E-state index in [9.17, 15) is 14.0 Å². The van der Waals surface area contributed by atoms with Crippen LogP contribution in [0.2, 0.25) is 5.02 Å². The Morgan fingerprint density at radius 1 is 0.964 bits per heavy atom. The van der Waals surface area contributed by atoms with Crippen LogP contribution >= 0.6 is 11.6 Å². The highest BCUT2D eigenvalue weighted by Gasteiger charge is 2.13. The van der Waals surface area contributed by atoms with Crippen LogP contribution in [0.5, 0.6) is 0 Å². The Bertz CT molecular complexity index is 1070. The number of halogens is 2. The first-order valence-electron chi connectivity index (χ1n) is 8.44. The Morgan fingerprint density at radius 3 is 2.32 bits per heavy atom. The van der Waals surface area contributed by atoms with Gasteiger partial charge in [-0.2, -0.15) is 0 Å². The van der Waals surface area contributed by atoms with Gasteiger partial charge in [-0.05, 0) is 55.3 Å². The number of rotatable bonds is 4. The average Bonchev–Trinajstić information content (AvgIpc) is 2.68. The van der Waals surface area contributed by atoms with Gasteiger partial charge in [-0.1, -0.05) is 23.7 Å². The molecule has 0 aliphatic carbocycles. The average molecular weight is 398 g/mol. The number of benzene rings is 2. The molecule has 0 radical (unpaired) electrons. The zero-order valence-electron chi connectivity index (χ0n) is 15.2. The summed E-state index contributed by atoms with van der Waals surface area (Å²) in [5.41, 5.74) is 3.48. The predicted octanol–water partition coefficient (Wildman–Crippen LogP) is 5.00. The van der Waals surface area contributed by atoms with E-state index in [0.717, 1.165) is 17.2 Å². The summed E-state index contributed by atoms with van der Waals surface area (Å²) in [7, 11) is 0. The summed E-state index contributed by atoms with van der Waals surface area (Å²) in [6.45, 7) is 3.88. The molecule has 5 nitrogen and oxygen atoms in total. The topological polar surface area (TPSA) is 71.1 Å². The van der Waals surface area contributed by atoms with Crippen molar-refractivity contribution in [2.24, 2.45) is 0 Å². The monoisotopic (exact) mass is 397 g/mol. The van der Waals surface area contributed by atoms with E-state index in [4.69, 9.17) is 11.6 Å². The number of hydrogen-bond donors (Lipinski definition) is 2. The second-order valence-corrected chi connectivity index (χ2v) is 6.65. The van der Waals surface area contributed by atoms with Gasteiger partial charge < -0.3 is 10.6 Å². The highest BCUT2D eigenvalue weighted by molar-refractivity contribution is 6.31. The second-order valence-electron chi connectivity index (χ2n) is 6.25. The van der Waals surface area contributed by atoms with Gasteiger partial charge >= 0.3 is 0 Å². The molecule has 142 valence electrons. The van der Waals surface area contributed by atoms with Gasteiger partial charge in [0.15, 0.2) is 0 Å². The maximum absolute atomic E-state index is 13.2. The fraction of sp³-hybridized carbons (Fsp3) is 0.0952. The van der Waals surface area contributed by atoms with Gasteiger partial charge in [0, 0.05) is 23.8 Å². The van der Waals surface area contributed by atoms with E-state index in [2.05, 4.69) is 15.6 Å². The van der Waals surface area contributed by atoms with Crippen LogP contribution in [-0.2, 0) is 0 Å². The SMILES string of the molecule is Cc1cccc(NC(=O)c2cncc(C(=O)Nc3ccc(F)c(Cl)c3)c2)c1C. The van der Waals surface area contributed by atoms with E-state index < -0.39 is 11.7 Å². The molecule has 0 unspecified atom stereocenters. The minimum absolute atomic E-state index is 0.0995. The maximum Gasteiger partial charge on any atom is 0.257 e. The van der Waals surface area contributed by atoms with Gasteiger partial charge in [-0.15, -0.1) is 0 Å². The first-order chi connectivity index (χ1) is 13.3. The number of pyridine rings is 1. The third-order valence-electron chi connectivity index (χ3n) is 4.29. The van der Waals surface area contributed by atoms with Crippen LogP contribution in [0.4, 0.5) is 15.8 Å².